The average molecular weight is 354 g/mol. The molecule has 0 aliphatic carbocycles. The zero-order chi connectivity index (χ0) is 15.4. The molecule has 0 aliphatic rings. The van der Waals surface area contributed by atoms with Gasteiger partial charge in [-0.25, -0.2) is 0 Å². The van der Waals surface area contributed by atoms with Gasteiger partial charge in [-0.15, -0.1) is 0 Å². The van der Waals surface area contributed by atoms with Crippen molar-refractivity contribution in [1.82, 2.24) is 4.90 Å². The lowest BCUT2D eigenvalue weighted by Gasteiger charge is -2.19. The van der Waals surface area contributed by atoms with Gasteiger partial charge in [-0.05, 0) is 34.5 Å². The summed E-state index contributed by atoms with van der Waals surface area (Å²) in [6.45, 7) is 2.32. The molecule has 0 saturated carbocycles. The molecule has 1 aromatic heterocycles. The number of halogens is 1. The number of ether oxygens (including phenoxy) is 1. The molecule has 0 aliphatic heterocycles. The number of carbonyl (C=O) groups is 2. The van der Waals surface area contributed by atoms with E-state index in [4.69, 9.17) is 4.42 Å². The SMILES string of the molecule is CCCN(CC(=O)OC)C(=O)c1cc2cccc(Br)c2o1. The summed E-state index contributed by atoms with van der Waals surface area (Å²) in [5, 5.41) is 0.835. The molecule has 2 rings (SSSR count). The number of hydrogen-bond donors (Lipinski definition) is 0. The Labute approximate surface area is 131 Å². The predicted octanol–water partition coefficient (Wildman–Crippen LogP) is 3.22. The minimum Gasteiger partial charge on any atom is -0.468 e. The van der Waals surface area contributed by atoms with Crippen molar-refractivity contribution in [1.29, 1.82) is 0 Å². The molecular weight excluding hydrogens is 338 g/mol. The van der Waals surface area contributed by atoms with Gasteiger partial charge < -0.3 is 14.1 Å². The zero-order valence-corrected chi connectivity index (χ0v) is 13.5. The maximum absolute atomic E-state index is 12.5. The van der Waals surface area contributed by atoms with E-state index in [1.54, 1.807) is 6.07 Å². The van der Waals surface area contributed by atoms with Crippen molar-refractivity contribution in [3.05, 3.63) is 34.5 Å². The molecule has 6 heteroatoms. The third-order valence-electron chi connectivity index (χ3n) is 3.04. The maximum atomic E-state index is 12.5. The fourth-order valence-electron chi connectivity index (χ4n) is 2.03. The third-order valence-corrected chi connectivity index (χ3v) is 3.66. The second-order valence-electron chi connectivity index (χ2n) is 4.57. The van der Waals surface area contributed by atoms with Crippen LogP contribution in [0.5, 0.6) is 0 Å². The summed E-state index contributed by atoms with van der Waals surface area (Å²) in [7, 11) is 1.30. The number of para-hydroxylation sites is 1. The molecule has 0 bridgehead atoms. The van der Waals surface area contributed by atoms with Gasteiger partial charge in [0.2, 0.25) is 0 Å². The first-order chi connectivity index (χ1) is 10.1. The number of hydrogen-bond acceptors (Lipinski definition) is 4. The molecule has 2 aromatic rings. The van der Waals surface area contributed by atoms with Crippen LogP contribution in [0.3, 0.4) is 0 Å². The van der Waals surface area contributed by atoms with Crippen molar-refractivity contribution in [2.24, 2.45) is 0 Å². The van der Waals surface area contributed by atoms with Gasteiger partial charge in [0.25, 0.3) is 5.91 Å². The monoisotopic (exact) mass is 353 g/mol. The number of esters is 1. The first-order valence-corrected chi connectivity index (χ1v) is 7.40. The van der Waals surface area contributed by atoms with Crippen molar-refractivity contribution >= 4 is 38.8 Å². The molecule has 0 fully saturated rings. The highest BCUT2D eigenvalue weighted by atomic mass is 79.9. The minimum atomic E-state index is -0.450. The number of rotatable bonds is 5. The first-order valence-electron chi connectivity index (χ1n) is 6.61. The van der Waals surface area contributed by atoms with E-state index in [0.717, 1.165) is 16.3 Å². The number of amides is 1. The second-order valence-corrected chi connectivity index (χ2v) is 5.43. The van der Waals surface area contributed by atoms with Crippen LogP contribution in [0.1, 0.15) is 23.9 Å². The Kier molecular flexibility index (Phi) is 5.01. The van der Waals surface area contributed by atoms with Crippen molar-refractivity contribution in [3.63, 3.8) is 0 Å². The average Bonchev–Trinajstić information content (AvgIpc) is 2.91. The molecule has 0 radical (unpaired) electrons. The van der Waals surface area contributed by atoms with Crippen LogP contribution in [0.25, 0.3) is 11.0 Å². The van der Waals surface area contributed by atoms with Crippen molar-refractivity contribution in [2.45, 2.75) is 13.3 Å². The lowest BCUT2D eigenvalue weighted by Crippen LogP contribution is -2.36. The quantitative estimate of drug-likeness (QED) is 0.774. The Morgan fingerprint density at radius 3 is 2.76 bits per heavy atom. The van der Waals surface area contributed by atoms with Crippen LogP contribution in [0, 0.1) is 0 Å². The van der Waals surface area contributed by atoms with Gasteiger partial charge in [-0.2, -0.15) is 0 Å². The molecule has 0 saturated heterocycles. The molecule has 1 heterocycles. The Hall–Kier alpha value is -1.82. The predicted molar refractivity (Wildman–Crippen MR) is 82.1 cm³/mol. The molecule has 0 spiro atoms. The van der Waals surface area contributed by atoms with E-state index < -0.39 is 5.97 Å². The molecule has 112 valence electrons. The van der Waals surface area contributed by atoms with Crippen LogP contribution in [0.4, 0.5) is 0 Å². The second kappa shape index (κ2) is 6.76. The lowest BCUT2D eigenvalue weighted by molar-refractivity contribution is -0.141. The smallest absolute Gasteiger partial charge is 0.325 e. The number of fused-ring (bicyclic) bond motifs is 1. The van der Waals surface area contributed by atoms with Crippen LogP contribution in [0.2, 0.25) is 0 Å². The van der Waals surface area contributed by atoms with Gasteiger partial charge in [0.05, 0.1) is 11.6 Å². The van der Waals surface area contributed by atoms with E-state index >= 15 is 0 Å². The maximum Gasteiger partial charge on any atom is 0.325 e. The van der Waals surface area contributed by atoms with E-state index in [1.165, 1.54) is 12.0 Å². The summed E-state index contributed by atoms with van der Waals surface area (Å²) in [5.41, 5.74) is 0.621. The number of benzene rings is 1. The first kappa shape index (κ1) is 15.6. The van der Waals surface area contributed by atoms with E-state index in [2.05, 4.69) is 20.7 Å². The highest BCUT2D eigenvalue weighted by Crippen LogP contribution is 2.27. The van der Waals surface area contributed by atoms with E-state index in [1.807, 2.05) is 25.1 Å². The van der Waals surface area contributed by atoms with Crippen LogP contribution in [-0.4, -0.2) is 37.0 Å². The van der Waals surface area contributed by atoms with Crippen molar-refractivity contribution in [3.8, 4) is 0 Å². The minimum absolute atomic E-state index is 0.0820. The van der Waals surface area contributed by atoms with Gasteiger partial charge in [-0.3, -0.25) is 9.59 Å². The van der Waals surface area contributed by atoms with E-state index in [-0.39, 0.29) is 18.2 Å². The molecule has 21 heavy (non-hydrogen) atoms. The summed E-state index contributed by atoms with van der Waals surface area (Å²) in [4.78, 5) is 25.3. The molecule has 5 nitrogen and oxygen atoms in total. The zero-order valence-electron chi connectivity index (χ0n) is 11.9. The Bertz CT molecular complexity index is 665. The van der Waals surface area contributed by atoms with Crippen LogP contribution in [-0.2, 0) is 9.53 Å². The highest BCUT2D eigenvalue weighted by molar-refractivity contribution is 9.10. The van der Waals surface area contributed by atoms with Gasteiger partial charge >= 0.3 is 5.97 Å². The summed E-state index contributed by atoms with van der Waals surface area (Å²) in [6, 6.07) is 7.26. The lowest BCUT2D eigenvalue weighted by atomic mass is 10.2. The van der Waals surface area contributed by atoms with Gasteiger partial charge in [0.15, 0.2) is 5.76 Å². The number of carbonyl (C=O) groups excluding carboxylic acids is 2. The fraction of sp³-hybridized carbons (Fsp3) is 0.333. The molecule has 0 N–H and O–H groups in total. The van der Waals surface area contributed by atoms with Crippen molar-refractivity contribution < 1.29 is 18.7 Å². The standard InChI is InChI=1S/C15H16BrNO4/c1-3-7-17(9-13(18)20-2)15(19)12-8-10-5-4-6-11(16)14(10)21-12/h4-6,8H,3,7,9H2,1-2H3. The van der Waals surface area contributed by atoms with Crippen LogP contribution < -0.4 is 0 Å². The third kappa shape index (κ3) is 3.44. The van der Waals surface area contributed by atoms with Crippen molar-refractivity contribution in [2.75, 3.05) is 20.2 Å². The van der Waals surface area contributed by atoms with Crippen LogP contribution >= 0.6 is 15.9 Å². The Morgan fingerprint density at radius 2 is 2.14 bits per heavy atom. The molecular formula is C15H16BrNO4. The summed E-state index contributed by atoms with van der Waals surface area (Å²) >= 11 is 3.39. The molecule has 0 atom stereocenters. The number of methoxy groups -OCH3 is 1. The summed E-state index contributed by atoms with van der Waals surface area (Å²) < 4.78 is 11.0. The topological polar surface area (TPSA) is 59.8 Å². The Morgan fingerprint density at radius 1 is 1.38 bits per heavy atom. The van der Waals surface area contributed by atoms with Gasteiger partial charge in [-0.1, -0.05) is 19.1 Å². The van der Waals surface area contributed by atoms with Gasteiger partial charge in [0, 0.05) is 11.9 Å². The fourth-order valence-corrected chi connectivity index (χ4v) is 2.49. The van der Waals surface area contributed by atoms with Crippen LogP contribution in [0.15, 0.2) is 33.2 Å². The largest absolute Gasteiger partial charge is 0.468 e. The van der Waals surface area contributed by atoms with Gasteiger partial charge in [0.1, 0.15) is 12.1 Å². The number of furan rings is 1. The normalized spacial score (nSPS) is 10.6. The molecule has 0 unspecified atom stereocenters. The van der Waals surface area contributed by atoms with E-state index in [0.29, 0.717) is 12.1 Å². The molecule has 1 aromatic carbocycles. The Balaban J connectivity index is 2.29. The van der Waals surface area contributed by atoms with E-state index in [9.17, 15) is 9.59 Å². The molecule has 1 amide bonds. The highest BCUT2D eigenvalue weighted by Gasteiger charge is 2.22. The number of nitrogens with zero attached hydrogens (tertiary/aromatic N) is 1. The summed E-state index contributed by atoms with van der Waals surface area (Å²) in [6.07, 6.45) is 0.743. The summed E-state index contributed by atoms with van der Waals surface area (Å²) in [5.74, 6) is -0.548.